The summed E-state index contributed by atoms with van der Waals surface area (Å²) in [6.07, 6.45) is 0.119. The normalized spacial score (nSPS) is 13.7. The van der Waals surface area contributed by atoms with Crippen LogP contribution >= 0.6 is 0 Å². The summed E-state index contributed by atoms with van der Waals surface area (Å²) in [5.74, 6) is -1.67. The molecular formula is C13H16BNO3. The Labute approximate surface area is 108 Å². The van der Waals surface area contributed by atoms with Crippen LogP contribution in [-0.4, -0.2) is 30.3 Å². The Kier molecular flexibility index (Phi) is 4.17. The molecular weight excluding hydrogens is 229 g/mol. The molecule has 0 spiro atoms. The molecule has 1 aromatic rings. The number of carboxylic acids is 1. The maximum Gasteiger partial charge on any atom is 0.319 e. The minimum atomic E-state index is -1.74. The zero-order valence-electron chi connectivity index (χ0n) is 10.8. The van der Waals surface area contributed by atoms with E-state index in [4.69, 9.17) is 13.0 Å². The molecule has 1 atom stereocenters. The number of aliphatic carboxylic acids is 1. The Balaban J connectivity index is 2.77. The maximum atomic E-state index is 11.7. The second kappa shape index (κ2) is 5.25. The number of rotatable bonds is 4. The number of carbonyl (C=O) groups excluding carboxylic acids is 1. The zero-order valence-corrected chi connectivity index (χ0v) is 10.8. The third kappa shape index (κ3) is 3.62. The van der Waals surface area contributed by atoms with Gasteiger partial charge in [-0.25, -0.2) is 0 Å². The van der Waals surface area contributed by atoms with Crippen molar-refractivity contribution < 1.29 is 14.7 Å². The average molecular weight is 245 g/mol. The van der Waals surface area contributed by atoms with Crippen LogP contribution in [0.15, 0.2) is 18.2 Å². The van der Waals surface area contributed by atoms with E-state index < -0.39 is 17.3 Å². The molecule has 0 aliphatic rings. The SMILES string of the molecule is [B]C(C)(NC(=O)Cc1cc(C)ccc1C)C(=O)O. The standard InChI is InChI=1S/C13H16BNO3/c1-8-4-5-9(2)10(6-8)7-11(16)15-13(3,14)12(17)18/h4-6H,7H2,1-3H3,(H,15,16)(H,17,18). The lowest BCUT2D eigenvalue weighted by atomic mass is 9.79. The predicted molar refractivity (Wildman–Crippen MR) is 69.6 cm³/mol. The van der Waals surface area contributed by atoms with Crippen molar-refractivity contribution in [3.8, 4) is 0 Å². The molecule has 0 aliphatic heterocycles. The highest BCUT2D eigenvalue weighted by molar-refractivity contribution is 6.27. The van der Waals surface area contributed by atoms with Crippen LogP contribution in [0.5, 0.6) is 0 Å². The smallest absolute Gasteiger partial charge is 0.319 e. The fraction of sp³-hybridized carbons (Fsp3) is 0.385. The number of benzene rings is 1. The summed E-state index contributed by atoms with van der Waals surface area (Å²) in [7, 11) is 5.45. The lowest BCUT2D eigenvalue weighted by Crippen LogP contribution is -2.53. The minimum Gasteiger partial charge on any atom is -0.480 e. The van der Waals surface area contributed by atoms with E-state index in [1.54, 1.807) is 0 Å². The highest BCUT2D eigenvalue weighted by Crippen LogP contribution is 2.11. The third-order valence-electron chi connectivity index (χ3n) is 2.70. The summed E-state index contributed by atoms with van der Waals surface area (Å²) in [5.41, 5.74) is 1.17. The molecule has 4 nitrogen and oxygen atoms in total. The summed E-state index contributed by atoms with van der Waals surface area (Å²) < 4.78 is 0. The summed E-state index contributed by atoms with van der Waals surface area (Å²) in [5, 5.41) is 11.1. The summed E-state index contributed by atoms with van der Waals surface area (Å²) in [4.78, 5) is 22.5. The van der Waals surface area contributed by atoms with E-state index in [0.717, 1.165) is 16.7 Å². The number of nitrogens with one attached hydrogen (secondary N) is 1. The molecule has 0 aromatic heterocycles. The van der Waals surface area contributed by atoms with Gasteiger partial charge in [0.1, 0.15) is 7.85 Å². The molecule has 18 heavy (non-hydrogen) atoms. The fourth-order valence-electron chi connectivity index (χ4n) is 1.55. The van der Waals surface area contributed by atoms with Crippen molar-refractivity contribution in [3.05, 3.63) is 34.9 Å². The maximum absolute atomic E-state index is 11.7. The monoisotopic (exact) mass is 245 g/mol. The van der Waals surface area contributed by atoms with E-state index in [1.807, 2.05) is 32.0 Å². The largest absolute Gasteiger partial charge is 0.480 e. The van der Waals surface area contributed by atoms with Crippen molar-refractivity contribution in [1.82, 2.24) is 5.32 Å². The van der Waals surface area contributed by atoms with Crippen LogP contribution in [0, 0.1) is 13.8 Å². The van der Waals surface area contributed by atoms with Gasteiger partial charge in [0.15, 0.2) is 0 Å². The van der Waals surface area contributed by atoms with Crippen LogP contribution < -0.4 is 5.32 Å². The molecule has 2 N–H and O–H groups in total. The van der Waals surface area contributed by atoms with Crippen molar-refractivity contribution in [2.75, 3.05) is 0 Å². The van der Waals surface area contributed by atoms with Gasteiger partial charge in [-0.1, -0.05) is 23.8 Å². The third-order valence-corrected chi connectivity index (χ3v) is 2.70. The van der Waals surface area contributed by atoms with Gasteiger partial charge in [-0.05, 0) is 31.9 Å². The number of amides is 1. The van der Waals surface area contributed by atoms with Gasteiger partial charge in [0.25, 0.3) is 0 Å². The van der Waals surface area contributed by atoms with E-state index in [1.165, 1.54) is 6.92 Å². The van der Waals surface area contributed by atoms with E-state index in [2.05, 4.69) is 5.32 Å². The van der Waals surface area contributed by atoms with Gasteiger partial charge in [0.2, 0.25) is 5.91 Å². The topological polar surface area (TPSA) is 66.4 Å². The lowest BCUT2D eigenvalue weighted by Gasteiger charge is -2.22. The van der Waals surface area contributed by atoms with Crippen molar-refractivity contribution in [3.63, 3.8) is 0 Å². The van der Waals surface area contributed by atoms with E-state index in [9.17, 15) is 9.59 Å². The Hall–Kier alpha value is -1.78. The molecule has 1 rings (SSSR count). The Morgan fingerprint density at radius 1 is 1.39 bits per heavy atom. The molecule has 5 heteroatoms. The molecule has 0 fully saturated rings. The van der Waals surface area contributed by atoms with E-state index in [-0.39, 0.29) is 6.42 Å². The first-order valence-electron chi connectivity index (χ1n) is 5.62. The van der Waals surface area contributed by atoms with Gasteiger partial charge in [0.05, 0.1) is 11.9 Å². The molecule has 0 saturated heterocycles. The van der Waals surface area contributed by atoms with E-state index in [0.29, 0.717) is 0 Å². The molecule has 1 unspecified atom stereocenters. The van der Waals surface area contributed by atoms with Gasteiger partial charge in [-0.3, -0.25) is 9.59 Å². The zero-order chi connectivity index (χ0) is 13.9. The average Bonchev–Trinajstić information content (AvgIpc) is 2.22. The van der Waals surface area contributed by atoms with E-state index >= 15 is 0 Å². The van der Waals surface area contributed by atoms with Crippen molar-refractivity contribution in [2.24, 2.45) is 0 Å². The summed E-state index contributed by atoms with van der Waals surface area (Å²) in [6, 6.07) is 5.79. The second-order valence-electron chi connectivity index (χ2n) is 4.66. The number of hydrogen-bond donors (Lipinski definition) is 2. The number of aryl methyl sites for hydroxylation is 2. The molecule has 1 amide bonds. The number of hydrogen-bond acceptors (Lipinski definition) is 2. The number of carbonyl (C=O) groups is 2. The van der Waals surface area contributed by atoms with Crippen LogP contribution in [0.4, 0.5) is 0 Å². The van der Waals surface area contributed by atoms with Gasteiger partial charge in [0, 0.05) is 0 Å². The van der Waals surface area contributed by atoms with Crippen molar-refractivity contribution >= 4 is 19.7 Å². The lowest BCUT2D eigenvalue weighted by molar-refractivity contribution is -0.143. The molecule has 1 aromatic carbocycles. The van der Waals surface area contributed by atoms with Gasteiger partial charge in [-0.2, -0.15) is 0 Å². The van der Waals surface area contributed by atoms with Crippen LogP contribution in [0.2, 0.25) is 0 Å². The highest BCUT2D eigenvalue weighted by Gasteiger charge is 2.28. The first kappa shape index (κ1) is 14.3. The molecule has 0 aliphatic carbocycles. The van der Waals surface area contributed by atoms with Gasteiger partial charge < -0.3 is 10.4 Å². The first-order valence-corrected chi connectivity index (χ1v) is 5.62. The van der Waals surface area contributed by atoms with Crippen LogP contribution in [0.25, 0.3) is 0 Å². The molecule has 0 saturated carbocycles. The summed E-state index contributed by atoms with van der Waals surface area (Å²) in [6.45, 7) is 5.09. The first-order chi connectivity index (χ1) is 8.22. The highest BCUT2D eigenvalue weighted by atomic mass is 16.4. The van der Waals surface area contributed by atoms with Crippen LogP contribution in [0.3, 0.4) is 0 Å². The van der Waals surface area contributed by atoms with Crippen LogP contribution in [0.1, 0.15) is 23.6 Å². The number of carboxylic acid groups (broad SMARTS) is 1. The second-order valence-corrected chi connectivity index (χ2v) is 4.66. The minimum absolute atomic E-state index is 0.119. The van der Waals surface area contributed by atoms with Crippen molar-refractivity contribution in [2.45, 2.75) is 32.6 Å². The van der Waals surface area contributed by atoms with Crippen LogP contribution in [-0.2, 0) is 16.0 Å². The van der Waals surface area contributed by atoms with Crippen molar-refractivity contribution in [1.29, 1.82) is 0 Å². The van der Waals surface area contributed by atoms with Gasteiger partial charge >= 0.3 is 5.97 Å². The molecule has 94 valence electrons. The Morgan fingerprint density at radius 3 is 2.56 bits per heavy atom. The fourth-order valence-corrected chi connectivity index (χ4v) is 1.55. The Bertz CT molecular complexity index is 483. The Morgan fingerprint density at radius 2 is 2.00 bits per heavy atom. The van der Waals surface area contributed by atoms with Gasteiger partial charge in [-0.15, -0.1) is 0 Å². The quantitative estimate of drug-likeness (QED) is 0.775. The predicted octanol–water partition coefficient (Wildman–Crippen LogP) is 0.931. The molecule has 0 heterocycles. The summed E-state index contributed by atoms with van der Waals surface area (Å²) >= 11 is 0. The molecule has 0 bridgehead atoms. The molecule has 2 radical (unpaired) electrons.